The van der Waals surface area contributed by atoms with Crippen molar-refractivity contribution in [1.29, 1.82) is 0 Å². The van der Waals surface area contributed by atoms with Crippen molar-refractivity contribution in [2.75, 3.05) is 19.4 Å². The summed E-state index contributed by atoms with van der Waals surface area (Å²) < 4.78 is 0. The number of hydrogen-bond acceptors (Lipinski definition) is 3. The third kappa shape index (κ3) is 4.06. The molecular formula is C20H21N3O. The minimum Gasteiger partial charge on any atom is -0.323 e. The Kier molecular flexibility index (Phi) is 6.23. The van der Waals surface area contributed by atoms with Gasteiger partial charge in [-0.2, -0.15) is 0 Å². The third-order valence-electron chi connectivity index (χ3n) is 3.29. The summed E-state index contributed by atoms with van der Waals surface area (Å²) in [4.78, 5) is 16.2. The standard InChI is InChI=1S/C18H14N2O.C2H7N/c1-2-17(21)20-18-14-10-6-7-11-16(14)19-12-15(18)13-8-4-3-5-9-13;1-3-2/h2-12H,1H2,(H,19,20,21);3H,1-2H3. The van der Waals surface area contributed by atoms with Crippen molar-refractivity contribution in [2.45, 2.75) is 0 Å². The van der Waals surface area contributed by atoms with Gasteiger partial charge in [0, 0.05) is 17.1 Å². The lowest BCUT2D eigenvalue weighted by molar-refractivity contribution is -0.111. The van der Waals surface area contributed by atoms with E-state index in [0.29, 0.717) is 0 Å². The highest BCUT2D eigenvalue weighted by Crippen LogP contribution is 2.33. The molecule has 1 amide bonds. The van der Waals surface area contributed by atoms with E-state index in [1.807, 2.05) is 68.7 Å². The average molecular weight is 319 g/mol. The number of pyridine rings is 1. The van der Waals surface area contributed by atoms with Crippen molar-refractivity contribution < 1.29 is 4.79 Å². The summed E-state index contributed by atoms with van der Waals surface area (Å²) >= 11 is 0. The molecule has 0 bridgehead atoms. The lowest BCUT2D eigenvalue weighted by Crippen LogP contribution is -2.09. The summed E-state index contributed by atoms with van der Waals surface area (Å²) in [5.74, 6) is -0.233. The number of carbonyl (C=O) groups excluding carboxylic acids is 1. The average Bonchev–Trinajstić information content (AvgIpc) is 2.63. The van der Waals surface area contributed by atoms with Gasteiger partial charge < -0.3 is 10.6 Å². The quantitative estimate of drug-likeness (QED) is 0.721. The van der Waals surface area contributed by atoms with Crippen LogP contribution in [0.3, 0.4) is 0 Å². The van der Waals surface area contributed by atoms with Crippen LogP contribution in [-0.2, 0) is 4.79 Å². The fraction of sp³-hybridized carbons (Fsp3) is 0.100. The molecule has 4 nitrogen and oxygen atoms in total. The van der Waals surface area contributed by atoms with Gasteiger partial charge in [-0.25, -0.2) is 0 Å². The van der Waals surface area contributed by atoms with Crippen molar-refractivity contribution in [2.24, 2.45) is 0 Å². The molecule has 0 spiro atoms. The van der Waals surface area contributed by atoms with Crippen molar-refractivity contribution in [3.63, 3.8) is 0 Å². The monoisotopic (exact) mass is 319 g/mol. The van der Waals surface area contributed by atoms with Gasteiger partial charge in [-0.3, -0.25) is 9.78 Å². The van der Waals surface area contributed by atoms with Gasteiger partial charge in [-0.15, -0.1) is 0 Å². The van der Waals surface area contributed by atoms with Crippen LogP contribution in [0.5, 0.6) is 0 Å². The lowest BCUT2D eigenvalue weighted by Gasteiger charge is -2.13. The number of anilines is 1. The van der Waals surface area contributed by atoms with Crippen LogP contribution in [0.1, 0.15) is 0 Å². The van der Waals surface area contributed by atoms with Crippen molar-refractivity contribution in [3.8, 4) is 11.1 Å². The van der Waals surface area contributed by atoms with E-state index >= 15 is 0 Å². The van der Waals surface area contributed by atoms with Crippen LogP contribution in [0, 0.1) is 0 Å². The first-order valence-electron chi connectivity index (χ1n) is 7.66. The first kappa shape index (κ1) is 17.4. The van der Waals surface area contributed by atoms with E-state index in [1.165, 1.54) is 6.08 Å². The molecule has 3 rings (SSSR count). The Bertz CT molecular complexity index is 829. The number of nitrogens with one attached hydrogen (secondary N) is 2. The first-order valence-corrected chi connectivity index (χ1v) is 7.66. The van der Waals surface area contributed by atoms with E-state index in [-0.39, 0.29) is 5.91 Å². The molecule has 24 heavy (non-hydrogen) atoms. The molecule has 0 unspecified atom stereocenters. The predicted octanol–water partition coefficient (Wildman–Crippen LogP) is 3.86. The van der Waals surface area contributed by atoms with Gasteiger partial charge in [-0.05, 0) is 31.8 Å². The molecule has 1 aromatic heterocycles. The zero-order valence-electron chi connectivity index (χ0n) is 13.9. The van der Waals surface area contributed by atoms with E-state index in [4.69, 9.17) is 0 Å². The normalized spacial score (nSPS) is 9.75. The van der Waals surface area contributed by atoms with Crippen LogP contribution in [0.2, 0.25) is 0 Å². The number of benzene rings is 2. The van der Waals surface area contributed by atoms with E-state index in [2.05, 4.69) is 22.2 Å². The van der Waals surface area contributed by atoms with E-state index in [9.17, 15) is 4.79 Å². The van der Waals surface area contributed by atoms with Crippen LogP contribution in [-0.4, -0.2) is 25.0 Å². The zero-order valence-corrected chi connectivity index (χ0v) is 13.9. The van der Waals surface area contributed by atoms with Crippen LogP contribution in [0.25, 0.3) is 22.0 Å². The molecule has 0 radical (unpaired) electrons. The van der Waals surface area contributed by atoms with Crippen LogP contribution >= 0.6 is 0 Å². The molecule has 0 aliphatic heterocycles. The summed E-state index contributed by atoms with van der Waals surface area (Å²) in [6.45, 7) is 3.51. The van der Waals surface area contributed by atoms with Gasteiger partial charge in [-0.1, -0.05) is 55.1 Å². The molecular weight excluding hydrogens is 298 g/mol. The van der Waals surface area contributed by atoms with E-state index in [1.54, 1.807) is 6.20 Å². The highest BCUT2D eigenvalue weighted by Gasteiger charge is 2.11. The van der Waals surface area contributed by atoms with Gasteiger partial charge in [0.15, 0.2) is 0 Å². The predicted molar refractivity (Wildman–Crippen MR) is 101 cm³/mol. The SMILES string of the molecule is C=CC(=O)Nc1c(-c2ccccc2)cnc2ccccc12.CNC. The summed E-state index contributed by atoms with van der Waals surface area (Å²) in [6, 6.07) is 17.6. The molecule has 0 atom stereocenters. The molecule has 4 heteroatoms. The van der Waals surface area contributed by atoms with Crippen LogP contribution in [0.4, 0.5) is 5.69 Å². The largest absolute Gasteiger partial charge is 0.323 e. The number of hydrogen-bond donors (Lipinski definition) is 2. The first-order chi connectivity index (χ1) is 11.7. The lowest BCUT2D eigenvalue weighted by atomic mass is 10.0. The fourth-order valence-electron chi connectivity index (χ4n) is 2.29. The second kappa shape index (κ2) is 8.60. The topological polar surface area (TPSA) is 54.0 Å². The van der Waals surface area contributed by atoms with Crippen molar-refractivity contribution in [3.05, 3.63) is 73.4 Å². The Morgan fingerprint density at radius 1 is 1.04 bits per heavy atom. The minimum atomic E-state index is -0.233. The summed E-state index contributed by atoms with van der Waals surface area (Å²) in [6.07, 6.45) is 3.06. The van der Waals surface area contributed by atoms with Gasteiger partial charge in [0.2, 0.25) is 5.91 Å². The van der Waals surface area contributed by atoms with Gasteiger partial charge in [0.05, 0.1) is 11.2 Å². The van der Waals surface area contributed by atoms with Crippen LogP contribution < -0.4 is 10.6 Å². The Balaban J connectivity index is 0.000000647. The smallest absolute Gasteiger partial charge is 0.247 e. The number of para-hydroxylation sites is 1. The highest BCUT2D eigenvalue weighted by atomic mass is 16.1. The molecule has 0 aliphatic rings. The second-order valence-electron chi connectivity index (χ2n) is 5.12. The Labute approximate surface area is 142 Å². The maximum atomic E-state index is 11.8. The maximum Gasteiger partial charge on any atom is 0.247 e. The fourth-order valence-corrected chi connectivity index (χ4v) is 2.29. The van der Waals surface area contributed by atoms with E-state index in [0.717, 1.165) is 27.7 Å². The molecule has 2 aromatic carbocycles. The maximum absolute atomic E-state index is 11.8. The number of aromatic nitrogens is 1. The van der Waals surface area contributed by atoms with Gasteiger partial charge in [0.25, 0.3) is 0 Å². The summed E-state index contributed by atoms with van der Waals surface area (Å²) in [7, 11) is 3.75. The number of rotatable bonds is 3. The number of amides is 1. The third-order valence-corrected chi connectivity index (χ3v) is 3.29. The molecule has 0 fully saturated rings. The Hall–Kier alpha value is -2.98. The minimum absolute atomic E-state index is 0.233. The molecule has 122 valence electrons. The zero-order chi connectivity index (χ0) is 17.4. The van der Waals surface area contributed by atoms with Crippen LogP contribution in [0.15, 0.2) is 73.4 Å². The summed E-state index contributed by atoms with van der Waals surface area (Å²) in [5, 5.41) is 6.57. The molecule has 0 aliphatic carbocycles. The summed E-state index contributed by atoms with van der Waals surface area (Å²) in [5.41, 5.74) is 3.51. The Morgan fingerprint density at radius 2 is 1.67 bits per heavy atom. The van der Waals surface area contributed by atoms with Crippen molar-refractivity contribution in [1.82, 2.24) is 10.3 Å². The Morgan fingerprint density at radius 3 is 2.33 bits per heavy atom. The molecule has 1 heterocycles. The van der Waals surface area contributed by atoms with E-state index < -0.39 is 0 Å². The number of fused-ring (bicyclic) bond motifs is 1. The van der Waals surface area contributed by atoms with Gasteiger partial charge >= 0.3 is 0 Å². The van der Waals surface area contributed by atoms with Gasteiger partial charge in [0.1, 0.15) is 0 Å². The number of carbonyl (C=O) groups is 1. The molecule has 0 saturated carbocycles. The highest BCUT2D eigenvalue weighted by molar-refractivity contribution is 6.09. The number of nitrogens with zero attached hydrogens (tertiary/aromatic N) is 1. The molecule has 3 aromatic rings. The van der Waals surface area contributed by atoms with Crippen molar-refractivity contribution >= 4 is 22.5 Å². The molecule has 2 N–H and O–H groups in total. The second-order valence-corrected chi connectivity index (χ2v) is 5.12. The molecule has 0 saturated heterocycles.